The molecule has 0 saturated carbocycles. The molecule has 0 aromatic rings. The predicted molar refractivity (Wildman–Crippen MR) is 91.8 cm³/mol. The molecule has 28 heavy (non-hydrogen) atoms. The summed E-state index contributed by atoms with van der Waals surface area (Å²) in [7, 11) is 0. The SMILES string of the molecule is CC(C)C(NC(=O)CN)C(=O)NC(CC(=O)O)C(=O)NC(CC(=O)O)C(=O)O. The van der Waals surface area contributed by atoms with Crippen molar-refractivity contribution in [2.45, 2.75) is 44.8 Å². The third kappa shape index (κ3) is 8.93. The standard InChI is InChI=1S/C15H24N4O9/c1-6(2)12(19-9(20)5-16)14(26)17-7(3-10(21)22)13(25)18-8(15(27)28)4-11(23)24/h6-8,12H,3-5,16H2,1-2H3,(H,17,26)(H,18,25)(H,19,20)(H,21,22)(H,23,24)(H,27,28). The topological polar surface area (TPSA) is 225 Å². The van der Waals surface area contributed by atoms with Gasteiger partial charge in [0.15, 0.2) is 0 Å². The summed E-state index contributed by atoms with van der Waals surface area (Å²) in [6.45, 7) is 2.77. The van der Waals surface area contributed by atoms with E-state index in [0.29, 0.717) is 0 Å². The lowest BCUT2D eigenvalue weighted by atomic mass is 10.0. The molecule has 0 aliphatic heterocycles. The van der Waals surface area contributed by atoms with Crippen molar-refractivity contribution in [3.63, 3.8) is 0 Å². The van der Waals surface area contributed by atoms with Gasteiger partial charge >= 0.3 is 17.9 Å². The summed E-state index contributed by atoms with van der Waals surface area (Å²) in [5, 5.41) is 32.9. The molecule has 3 amide bonds. The lowest BCUT2D eigenvalue weighted by molar-refractivity contribution is -0.148. The third-order valence-corrected chi connectivity index (χ3v) is 3.46. The highest BCUT2D eigenvalue weighted by molar-refractivity contribution is 5.95. The van der Waals surface area contributed by atoms with Crippen LogP contribution in [0.15, 0.2) is 0 Å². The van der Waals surface area contributed by atoms with Gasteiger partial charge in [0.1, 0.15) is 18.1 Å². The molecule has 0 spiro atoms. The Kier molecular flexibility index (Phi) is 10.2. The first kappa shape index (κ1) is 24.8. The molecular formula is C15H24N4O9. The fourth-order valence-electron chi connectivity index (χ4n) is 2.06. The van der Waals surface area contributed by atoms with Crippen LogP contribution in [0.1, 0.15) is 26.7 Å². The van der Waals surface area contributed by atoms with Crippen LogP contribution in [-0.4, -0.2) is 75.6 Å². The molecule has 0 heterocycles. The molecule has 0 saturated heterocycles. The molecule has 13 nitrogen and oxygen atoms in total. The second-order valence-electron chi connectivity index (χ2n) is 6.15. The van der Waals surface area contributed by atoms with E-state index in [0.717, 1.165) is 0 Å². The van der Waals surface area contributed by atoms with Crippen LogP contribution >= 0.6 is 0 Å². The highest BCUT2D eigenvalue weighted by atomic mass is 16.4. The molecule has 0 aromatic carbocycles. The first-order valence-electron chi connectivity index (χ1n) is 8.15. The molecule has 0 rings (SSSR count). The number of rotatable bonds is 12. The number of hydrogen-bond donors (Lipinski definition) is 7. The smallest absolute Gasteiger partial charge is 0.326 e. The molecule has 0 aliphatic carbocycles. The van der Waals surface area contributed by atoms with E-state index < -0.39 is 79.1 Å². The Labute approximate surface area is 159 Å². The van der Waals surface area contributed by atoms with Crippen molar-refractivity contribution in [2.75, 3.05) is 6.54 Å². The number of nitrogens with one attached hydrogen (secondary N) is 3. The van der Waals surface area contributed by atoms with Crippen LogP contribution in [0.25, 0.3) is 0 Å². The van der Waals surface area contributed by atoms with Gasteiger partial charge in [-0.25, -0.2) is 4.79 Å². The van der Waals surface area contributed by atoms with Crippen LogP contribution in [0.5, 0.6) is 0 Å². The van der Waals surface area contributed by atoms with Gasteiger partial charge in [-0.05, 0) is 5.92 Å². The Balaban J connectivity index is 5.37. The quantitative estimate of drug-likeness (QED) is 0.175. The van der Waals surface area contributed by atoms with Gasteiger partial charge in [-0.15, -0.1) is 0 Å². The Bertz CT molecular complexity index is 635. The first-order valence-corrected chi connectivity index (χ1v) is 8.15. The van der Waals surface area contributed by atoms with Crippen LogP contribution in [0.3, 0.4) is 0 Å². The molecule has 0 aliphatic rings. The van der Waals surface area contributed by atoms with Gasteiger partial charge in [0.2, 0.25) is 17.7 Å². The Hall–Kier alpha value is -3.22. The van der Waals surface area contributed by atoms with E-state index in [1.54, 1.807) is 13.8 Å². The molecule has 0 aromatic heterocycles. The molecule has 158 valence electrons. The summed E-state index contributed by atoms with van der Waals surface area (Å²) in [6.07, 6.45) is -1.84. The van der Waals surface area contributed by atoms with E-state index in [-0.39, 0.29) is 0 Å². The summed E-state index contributed by atoms with van der Waals surface area (Å²) in [5.41, 5.74) is 5.17. The number of carbonyl (C=O) groups excluding carboxylic acids is 3. The van der Waals surface area contributed by atoms with E-state index in [2.05, 4.69) is 10.6 Å². The number of carboxylic acids is 3. The van der Waals surface area contributed by atoms with Crippen molar-refractivity contribution in [3.8, 4) is 0 Å². The molecule has 13 heteroatoms. The van der Waals surface area contributed by atoms with Crippen molar-refractivity contribution in [2.24, 2.45) is 11.7 Å². The molecular weight excluding hydrogens is 380 g/mol. The van der Waals surface area contributed by atoms with Gasteiger partial charge in [0.05, 0.1) is 19.4 Å². The zero-order valence-electron chi connectivity index (χ0n) is 15.3. The van der Waals surface area contributed by atoms with Crippen molar-refractivity contribution < 1.29 is 44.1 Å². The summed E-state index contributed by atoms with van der Waals surface area (Å²) < 4.78 is 0. The summed E-state index contributed by atoms with van der Waals surface area (Å²) >= 11 is 0. The lowest BCUT2D eigenvalue weighted by Gasteiger charge is -2.25. The maximum absolute atomic E-state index is 12.4. The van der Waals surface area contributed by atoms with E-state index in [1.165, 1.54) is 0 Å². The first-order chi connectivity index (χ1) is 12.9. The lowest BCUT2D eigenvalue weighted by Crippen LogP contribution is -2.58. The van der Waals surface area contributed by atoms with Crippen molar-refractivity contribution in [1.29, 1.82) is 0 Å². The number of nitrogens with two attached hydrogens (primary N) is 1. The summed E-state index contributed by atoms with van der Waals surface area (Å²) in [5.74, 6) is -7.80. The second-order valence-corrected chi connectivity index (χ2v) is 6.15. The molecule has 0 radical (unpaired) electrons. The van der Waals surface area contributed by atoms with Crippen molar-refractivity contribution in [1.82, 2.24) is 16.0 Å². The second kappa shape index (κ2) is 11.5. The van der Waals surface area contributed by atoms with Gasteiger partial charge in [0, 0.05) is 0 Å². The zero-order chi connectivity index (χ0) is 22.0. The van der Waals surface area contributed by atoms with Crippen LogP contribution < -0.4 is 21.7 Å². The van der Waals surface area contributed by atoms with E-state index >= 15 is 0 Å². The Morgan fingerprint density at radius 2 is 1.25 bits per heavy atom. The van der Waals surface area contributed by atoms with Gasteiger partial charge in [-0.3, -0.25) is 24.0 Å². The number of carboxylic acid groups (broad SMARTS) is 3. The van der Waals surface area contributed by atoms with Crippen LogP contribution in [0.4, 0.5) is 0 Å². The van der Waals surface area contributed by atoms with Crippen LogP contribution in [0.2, 0.25) is 0 Å². The number of aliphatic carboxylic acids is 3. The minimum atomic E-state index is -1.82. The summed E-state index contributed by atoms with van der Waals surface area (Å²) in [4.78, 5) is 68.8. The third-order valence-electron chi connectivity index (χ3n) is 3.46. The van der Waals surface area contributed by atoms with E-state index in [4.69, 9.17) is 21.1 Å². The number of amides is 3. The monoisotopic (exact) mass is 404 g/mol. The van der Waals surface area contributed by atoms with E-state index in [1.807, 2.05) is 5.32 Å². The summed E-state index contributed by atoms with van der Waals surface area (Å²) in [6, 6.07) is -4.65. The van der Waals surface area contributed by atoms with Gasteiger partial charge in [0.25, 0.3) is 0 Å². The maximum Gasteiger partial charge on any atom is 0.326 e. The van der Waals surface area contributed by atoms with Crippen molar-refractivity contribution in [3.05, 3.63) is 0 Å². The normalized spacial score (nSPS) is 13.7. The average Bonchev–Trinajstić information content (AvgIpc) is 2.56. The minimum absolute atomic E-state index is 0.398. The maximum atomic E-state index is 12.4. The van der Waals surface area contributed by atoms with Gasteiger partial charge < -0.3 is 37.0 Å². The van der Waals surface area contributed by atoms with Crippen LogP contribution in [-0.2, 0) is 28.8 Å². The molecule has 0 bridgehead atoms. The zero-order valence-corrected chi connectivity index (χ0v) is 15.3. The highest BCUT2D eigenvalue weighted by Crippen LogP contribution is 2.04. The molecule has 3 unspecified atom stereocenters. The minimum Gasteiger partial charge on any atom is -0.481 e. The molecule has 0 fully saturated rings. The Morgan fingerprint density at radius 1 is 0.786 bits per heavy atom. The number of hydrogen-bond acceptors (Lipinski definition) is 7. The molecule has 3 atom stereocenters. The molecule has 8 N–H and O–H groups in total. The van der Waals surface area contributed by atoms with Crippen LogP contribution in [0, 0.1) is 5.92 Å². The largest absolute Gasteiger partial charge is 0.481 e. The highest BCUT2D eigenvalue weighted by Gasteiger charge is 2.32. The van der Waals surface area contributed by atoms with Gasteiger partial charge in [-0.2, -0.15) is 0 Å². The fraction of sp³-hybridized carbons (Fsp3) is 0.600. The number of carbonyl (C=O) groups is 6. The predicted octanol–water partition coefficient (Wildman–Crippen LogP) is -2.91. The van der Waals surface area contributed by atoms with E-state index in [9.17, 15) is 28.8 Å². The van der Waals surface area contributed by atoms with Gasteiger partial charge in [-0.1, -0.05) is 13.8 Å². The fourth-order valence-corrected chi connectivity index (χ4v) is 2.06. The Morgan fingerprint density at radius 3 is 1.64 bits per heavy atom. The van der Waals surface area contributed by atoms with Crippen molar-refractivity contribution >= 4 is 35.6 Å². The average molecular weight is 404 g/mol.